The summed E-state index contributed by atoms with van der Waals surface area (Å²) < 4.78 is 18.9. The molecule has 0 fully saturated rings. The predicted octanol–water partition coefficient (Wildman–Crippen LogP) is 3.08. The molecule has 0 atom stereocenters. The molecule has 1 heterocycles. The number of benzene rings is 1. The smallest absolute Gasteiger partial charge is 0.230 e. The molecule has 0 unspecified atom stereocenters. The molecule has 0 aromatic heterocycles. The highest BCUT2D eigenvalue weighted by Crippen LogP contribution is 2.22. The molecule has 0 bridgehead atoms. The third-order valence-corrected chi connectivity index (χ3v) is 2.74. The summed E-state index contributed by atoms with van der Waals surface area (Å²) in [6, 6.07) is 4.62. The van der Waals surface area contributed by atoms with Gasteiger partial charge >= 0.3 is 0 Å². The first-order valence-electron chi connectivity index (χ1n) is 4.52. The summed E-state index contributed by atoms with van der Waals surface area (Å²) in [5, 5.41) is 0. The van der Waals surface area contributed by atoms with Crippen LogP contribution in [0, 0.1) is 5.82 Å². The van der Waals surface area contributed by atoms with Crippen molar-refractivity contribution < 1.29 is 13.9 Å². The van der Waals surface area contributed by atoms with Gasteiger partial charge in [0.15, 0.2) is 5.76 Å². The number of ketones is 1. The summed E-state index contributed by atoms with van der Waals surface area (Å²) in [6.07, 6.45) is 2.39. The van der Waals surface area contributed by atoms with Crippen molar-refractivity contribution in [2.75, 3.05) is 6.61 Å². The Morgan fingerprint density at radius 3 is 2.93 bits per heavy atom. The third-order valence-electron chi connectivity index (χ3n) is 2.13. The van der Waals surface area contributed by atoms with Crippen LogP contribution >= 0.6 is 15.9 Å². The number of halogens is 2. The maximum Gasteiger partial charge on any atom is 0.230 e. The molecule has 0 saturated carbocycles. The average molecular weight is 271 g/mol. The summed E-state index contributed by atoms with van der Waals surface area (Å²) >= 11 is 3.04. The fourth-order valence-corrected chi connectivity index (χ4v) is 1.75. The summed E-state index contributed by atoms with van der Waals surface area (Å²) in [7, 11) is 0. The minimum Gasteiger partial charge on any atom is -0.489 e. The van der Waals surface area contributed by atoms with E-state index in [1.54, 1.807) is 18.2 Å². The Bertz CT molecular complexity index is 440. The fraction of sp³-hybridized carbons (Fsp3) is 0.182. The standard InChI is InChI=1S/C11H8BrFO2/c12-8-4-1-3-7(10(8)13)11(14)9-5-2-6-15-9/h1,3-5H,2,6H2. The van der Waals surface area contributed by atoms with Crippen LogP contribution in [-0.4, -0.2) is 12.4 Å². The third kappa shape index (κ3) is 1.95. The van der Waals surface area contributed by atoms with Gasteiger partial charge in [0, 0.05) is 6.42 Å². The maximum absolute atomic E-state index is 13.6. The van der Waals surface area contributed by atoms with E-state index in [-0.39, 0.29) is 15.8 Å². The topological polar surface area (TPSA) is 26.3 Å². The summed E-state index contributed by atoms with van der Waals surface area (Å²) in [5.41, 5.74) is 0.0394. The Balaban J connectivity index is 2.37. The van der Waals surface area contributed by atoms with Gasteiger partial charge in [-0.1, -0.05) is 6.07 Å². The maximum atomic E-state index is 13.6. The number of carbonyl (C=O) groups excluding carboxylic acids is 1. The molecule has 0 radical (unpaired) electrons. The molecule has 1 aromatic rings. The van der Waals surface area contributed by atoms with E-state index < -0.39 is 11.6 Å². The highest BCUT2D eigenvalue weighted by atomic mass is 79.9. The normalized spacial score (nSPS) is 14.7. The van der Waals surface area contributed by atoms with Crippen molar-refractivity contribution >= 4 is 21.7 Å². The van der Waals surface area contributed by atoms with Gasteiger partial charge in [-0.15, -0.1) is 0 Å². The monoisotopic (exact) mass is 270 g/mol. The molecule has 0 spiro atoms. The van der Waals surface area contributed by atoms with Gasteiger partial charge in [0.1, 0.15) is 5.82 Å². The first-order valence-corrected chi connectivity index (χ1v) is 5.31. The van der Waals surface area contributed by atoms with Crippen molar-refractivity contribution in [1.29, 1.82) is 0 Å². The number of allylic oxidation sites excluding steroid dienone is 1. The lowest BCUT2D eigenvalue weighted by atomic mass is 10.1. The highest BCUT2D eigenvalue weighted by molar-refractivity contribution is 9.10. The number of rotatable bonds is 2. The zero-order chi connectivity index (χ0) is 10.8. The SMILES string of the molecule is O=C(C1=CCCO1)c1cccc(Br)c1F. The van der Waals surface area contributed by atoms with Crippen molar-refractivity contribution in [3.63, 3.8) is 0 Å². The summed E-state index contributed by atoms with van der Waals surface area (Å²) in [6.45, 7) is 0.497. The number of hydrogen-bond acceptors (Lipinski definition) is 2. The van der Waals surface area contributed by atoms with Crippen LogP contribution in [0.1, 0.15) is 16.8 Å². The molecule has 1 aromatic carbocycles. The van der Waals surface area contributed by atoms with Crippen LogP contribution in [0.25, 0.3) is 0 Å². The van der Waals surface area contributed by atoms with E-state index in [2.05, 4.69) is 15.9 Å². The van der Waals surface area contributed by atoms with Crippen molar-refractivity contribution in [3.8, 4) is 0 Å². The van der Waals surface area contributed by atoms with Crippen LogP contribution < -0.4 is 0 Å². The van der Waals surface area contributed by atoms with E-state index in [0.717, 1.165) is 0 Å². The number of ether oxygens (including phenoxy) is 1. The van der Waals surface area contributed by atoms with Gasteiger partial charge < -0.3 is 4.74 Å². The lowest BCUT2D eigenvalue weighted by Crippen LogP contribution is -2.06. The average Bonchev–Trinajstić information content (AvgIpc) is 2.74. The van der Waals surface area contributed by atoms with Crippen LogP contribution in [0.3, 0.4) is 0 Å². The van der Waals surface area contributed by atoms with E-state index in [9.17, 15) is 9.18 Å². The quantitative estimate of drug-likeness (QED) is 0.773. The Morgan fingerprint density at radius 2 is 2.27 bits per heavy atom. The molecule has 1 aliphatic heterocycles. The van der Waals surface area contributed by atoms with E-state index in [4.69, 9.17) is 4.74 Å². The van der Waals surface area contributed by atoms with Gasteiger partial charge in [-0.25, -0.2) is 4.39 Å². The zero-order valence-electron chi connectivity index (χ0n) is 7.80. The predicted molar refractivity (Wildman–Crippen MR) is 57.1 cm³/mol. The Morgan fingerprint density at radius 1 is 1.47 bits per heavy atom. The second-order valence-electron chi connectivity index (χ2n) is 3.14. The van der Waals surface area contributed by atoms with Gasteiger partial charge in [-0.05, 0) is 34.1 Å². The first-order chi connectivity index (χ1) is 7.20. The Hall–Kier alpha value is -1.16. The van der Waals surface area contributed by atoms with Crippen molar-refractivity contribution in [1.82, 2.24) is 0 Å². The van der Waals surface area contributed by atoms with Crippen LogP contribution in [0.5, 0.6) is 0 Å². The first kappa shape index (κ1) is 10.4. The Kier molecular flexibility index (Phi) is 2.86. The van der Waals surface area contributed by atoms with E-state index in [1.807, 2.05) is 0 Å². The largest absolute Gasteiger partial charge is 0.489 e. The van der Waals surface area contributed by atoms with Crippen molar-refractivity contribution in [2.24, 2.45) is 0 Å². The van der Waals surface area contributed by atoms with Crippen LogP contribution in [-0.2, 0) is 4.74 Å². The lowest BCUT2D eigenvalue weighted by Gasteiger charge is -2.04. The second-order valence-corrected chi connectivity index (χ2v) is 3.99. The highest BCUT2D eigenvalue weighted by Gasteiger charge is 2.21. The molecule has 0 aliphatic carbocycles. The summed E-state index contributed by atoms with van der Waals surface area (Å²) in [4.78, 5) is 11.8. The van der Waals surface area contributed by atoms with Crippen molar-refractivity contribution in [3.05, 3.63) is 45.9 Å². The molecule has 0 N–H and O–H groups in total. The lowest BCUT2D eigenvalue weighted by molar-refractivity contribution is 0.0938. The molecule has 78 valence electrons. The molecular formula is C11H8BrFO2. The van der Waals surface area contributed by atoms with Crippen molar-refractivity contribution in [2.45, 2.75) is 6.42 Å². The van der Waals surface area contributed by atoms with E-state index in [0.29, 0.717) is 13.0 Å². The van der Waals surface area contributed by atoms with Gasteiger partial charge in [-0.2, -0.15) is 0 Å². The molecule has 4 heteroatoms. The van der Waals surface area contributed by atoms with E-state index >= 15 is 0 Å². The molecule has 1 aliphatic rings. The molecule has 2 rings (SSSR count). The van der Waals surface area contributed by atoms with Gasteiger partial charge in [0.05, 0.1) is 16.6 Å². The number of carbonyl (C=O) groups is 1. The minimum atomic E-state index is -0.543. The second kappa shape index (κ2) is 4.14. The minimum absolute atomic E-state index is 0.0394. The zero-order valence-corrected chi connectivity index (χ0v) is 9.38. The number of hydrogen-bond donors (Lipinski definition) is 0. The molecule has 2 nitrogen and oxygen atoms in total. The van der Waals surface area contributed by atoms with Gasteiger partial charge in [0.25, 0.3) is 0 Å². The molecule has 0 saturated heterocycles. The van der Waals surface area contributed by atoms with Crippen LogP contribution in [0.15, 0.2) is 34.5 Å². The molecular weight excluding hydrogens is 263 g/mol. The fourth-order valence-electron chi connectivity index (χ4n) is 1.39. The molecule has 15 heavy (non-hydrogen) atoms. The Labute approximate surface area is 94.9 Å². The van der Waals surface area contributed by atoms with Crippen LogP contribution in [0.2, 0.25) is 0 Å². The van der Waals surface area contributed by atoms with Gasteiger partial charge in [0.2, 0.25) is 5.78 Å². The van der Waals surface area contributed by atoms with Gasteiger partial charge in [-0.3, -0.25) is 4.79 Å². The summed E-state index contributed by atoms with van der Waals surface area (Å²) in [5.74, 6) is -0.697. The van der Waals surface area contributed by atoms with E-state index in [1.165, 1.54) is 6.07 Å². The van der Waals surface area contributed by atoms with Crippen LogP contribution in [0.4, 0.5) is 4.39 Å². The number of Topliss-reactive ketones (excluding diaryl/α,β-unsaturated/α-hetero) is 1. The molecule has 0 amide bonds.